The first-order valence-electron chi connectivity index (χ1n) is 11.2. The van der Waals surface area contributed by atoms with E-state index in [1.165, 1.54) is 31.4 Å². The van der Waals surface area contributed by atoms with E-state index in [0.717, 1.165) is 0 Å². The van der Waals surface area contributed by atoms with Crippen molar-refractivity contribution in [3.63, 3.8) is 0 Å². The van der Waals surface area contributed by atoms with Gasteiger partial charge in [-0.15, -0.1) is 5.11 Å². The van der Waals surface area contributed by atoms with Gasteiger partial charge >= 0.3 is 0 Å². The fourth-order valence-corrected chi connectivity index (χ4v) is 5.05. The average molecular weight is 592 g/mol. The molecule has 0 aliphatic rings. The number of aliphatic hydroxyl groups excluding tert-OH is 1. The summed E-state index contributed by atoms with van der Waals surface area (Å²) in [5, 5.41) is 19.0. The van der Waals surface area contributed by atoms with E-state index in [4.69, 9.17) is 4.74 Å². The van der Waals surface area contributed by atoms with Crippen LogP contribution < -0.4 is 9.46 Å². The van der Waals surface area contributed by atoms with Crippen LogP contribution in [0.1, 0.15) is 15.9 Å². The van der Waals surface area contributed by atoms with E-state index in [-0.39, 0.29) is 22.0 Å². The molecule has 0 saturated carbocycles. The Bertz CT molecular complexity index is 1620. The standard InChI is InChI=1S/C28H22BrN3O5S/c1-37-25-16-15-22(18-24(25)29)32-38(35,36)23-14-8-13-21(17-23)30-31-26(27(33)19-9-4-2-5-10-19)28(34)20-11-6-3-7-12-20/h2-18,32-33H,1H3. The Hall–Kier alpha value is -4.28. The molecule has 0 fully saturated rings. The summed E-state index contributed by atoms with van der Waals surface area (Å²) in [6.07, 6.45) is 0. The van der Waals surface area contributed by atoms with E-state index < -0.39 is 15.8 Å². The molecule has 4 aromatic carbocycles. The number of benzene rings is 4. The summed E-state index contributed by atoms with van der Waals surface area (Å²) >= 11 is 3.33. The summed E-state index contributed by atoms with van der Waals surface area (Å²) in [5.74, 6) is -0.326. The number of nitrogens with one attached hydrogen (secondary N) is 1. The van der Waals surface area contributed by atoms with Gasteiger partial charge in [-0.1, -0.05) is 66.7 Å². The number of rotatable bonds is 9. The van der Waals surface area contributed by atoms with E-state index in [1.54, 1.807) is 78.9 Å². The number of carbonyl (C=O) groups excluding carboxylic acids is 1. The Morgan fingerprint density at radius 1 is 0.868 bits per heavy atom. The molecule has 0 heterocycles. The van der Waals surface area contributed by atoms with Crippen molar-refractivity contribution in [2.24, 2.45) is 10.2 Å². The van der Waals surface area contributed by atoms with Crippen LogP contribution in [-0.4, -0.2) is 26.4 Å². The number of halogens is 1. The fraction of sp³-hybridized carbons (Fsp3) is 0.0357. The van der Waals surface area contributed by atoms with Crippen LogP contribution in [0.3, 0.4) is 0 Å². The monoisotopic (exact) mass is 591 g/mol. The largest absolute Gasteiger partial charge is 0.505 e. The summed E-state index contributed by atoms with van der Waals surface area (Å²) in [6.45, 7) is 0. The maximum atomic E-state index is 13.2. The highest BCUT2D eigenvalue weighted by atomic mass is 79.9. The van der Waals surface area contributed by atoms with Crippen molar-refractivity contribution in [2.45, 2.75) is 4.90 Å². The minimum absolute atomic E-state index is 0.0620. The lowest BCUT2D eigenvalue weighted by Crippen LogP contribution is -2.12. The number of allylic oxidation sites excluding steroid dienone is 1. The molecule has 0 unspecified atom stereocenters. The molecule has 0 aliphatic carbocycles. The molecule has 0 bridgehead atoms. The highest BCUT2D eigenvalue weighted by Crippen LogP contribution is 2.30. The Morgan fingerprint density at radius 3 is 2.16 bits per heavy atom. The second-order valence-electron chi connectivity index (χ2n) is 7.91. The number of nitrogens with zero attached hydrogens (tertiary/aromatic N) is 2. The molecule has 0 aliphatic heterocycles. The number of methoxy groups -OCH3 is 1. The Balaban J connectivity index is 1.66. The van der Waals surface area contributed by atoms with Crippen LogP contribution in [0.2, 0.25) is 0 Å². The molecule has 0 atom stereocenters. The van der Waals surface area contributed by atoms with Gasteiger partial charge in [0, 0.05) is 11.1 Å². The number of sulfonamides is 1. The zero-order valence-electron chi connectivity index (χ0n) is 20.1. The van der Waals surface area contributed by atoms with Gasteiger partial charge < -0.3 is 9.84 Å². The lowest BCUT2D eigenvalue weighted by molar-refractivity contribution is 0.103. The van der Waals surface area contributed by atoms with Crippen molar-refractivity contribution in [1.29, 1.82) is 0 Å². The van der Waals surface area contributed by atoms with Crippen LogP contribution in [0, 0.1) is 0 Å². The summed E-state index contributed by atoms with van der Waals surface area (Å²) in [5.41, 5.74) is 0.920. The Labute approximate surface area is 228 Å². The molecule has 4 aromatic rings. The third-order valence-corrected chi connectivity index (χ3v) is 7.32. The molecule has 8 nitrogen and oxygen atoms in total. The summed E-state index contributed by atoms with van der Waals surface area (Å²) in [7, 11) is -2.46. The molecular formula is C28H22BrN3O5S. The van der Waals surface area contributed by atoms with Crippen LogP contribution in [0.25, 0.3) is 5.76 Å². The third kappa shape index (κ3) is 6.34. The van der Waals surface area contributed by atoms with Crippen LogP contribution >= 0.6 is 15.9 Å². The lowest BCUT2D eigenvalue weighted by Gasteiger charge is -2.10. The van der Waals surface area contributed by atoms with Crippen molar-refractivity contribution in [2.75, 3.05) is 11.8 Å². The van der Waals surface area contributed by atoms with E-state index in [2.05, 4.69) is 30.9 Å². The van der Waals surface area contributed by atoms with Gasteiger partial charge in [-0.2, -0.15) is 5.11 Å². The second-order valence-corrected chi connectivity index (χ2v) is 10.4. The number of azo groups is 1. The minimum atomic E-state index is -3.97. The third-order valence-electron chi connectivity index (χ3n) is 5.32. The normalized spacial score (nSPS) is 12.2. The quantitative estimate of drug-likeness (QED) is 0.0927. The first kappa shape index (κ1) is 26.8. The van der Waals surface area contributed by atoms with E-state index in [9.17, 15) is 18.3 Å². The number of hydrogen-bond donors (Lipinski definition) is 2. The molecule has 192 valence electrons. The molecular weight excluding hydrogens is 570 g/mol. The number of ether oxygens (including phenoxy) is 1. The van der Waals surface area contributed by atoms with Crippen molar-refractivity contribution in [3.05, 3.63) is 124 Å². The topological polar surface area (TPSA) is 117 Å². The molecule has 10 heteroatoms. The van der Waals surface area contributed by atoms with Gasteiger partial charge in [0.15, 0.2) is 11.5 Å². The highest BCUT2D eigenvalue weighted by Gasteiger charge is 2.19. The molecule has 0 aromatic heterocycles. The fourth-order valence-electron chi connectivity index (χ4n) is 3.42. The maximum absolute atomic E-state index is 13.2. The highest BCUT2D eigenvalue weighted by molar-refractivity contribution is 9.10. The molecule has 4 rings (SSSR count). The van der Waals surface area contributed by atoms with Gasteiger partial charge in [0.1, 0.15) is 5.75 Å². The SMILES string of the molecule is COc1ccc(NS(=O)(=O)c2cccc(N=NC(C(=O)c3ccccc3)=C(O)c3ccccc3)c2)cc1Br. The first-order valence-corrected chi connectivity index (χ1v) is 13.5. The summed E-state index contributed by atoms with van der Waals surface area (Å²) in [6, 6.07) is 27.4. The zero-order chi connectivity index (χ0) is 27.1. The van der Waals surface area contributed by atoms with Crippen LogP contribution in [0.15, 0.2) is 128 Å². The van der Waals surface area contributed by atoms with Crippen LogP contribution in [-0.2, 0) is 10.0 Å². The summed E-state index contributed by atoms with van der Waals surface area (Å²) in [4.78, 5) is 13.1. The predicted molar refractivity (Wildman–Crippen MR) is 149 cm³/mol. The van der Waals surface area contributed by atoms with Crippen LogP contribution in [0.5, 0.6) is 5.75 Å². The van der Waals surface area contributed by atoms with Crippen molar-refractivity contribution in [3.8, 4) is 5.75 Å². The number of ketones is 1. The zero-order valence-corrected chi connectivity index (χ0v) is 22.5. The van der Waals surface area contributed by atoms with Gasteiger partial charge in [0.2, 0.25) is 5.78 Å². The molecule has 0 amide bonds. The molecule has 2 N–H and O–H groups in total. The first-order chi connectivity index (χ1) is 18.3. The maximum Gasteiger partial charge on any atom is 0.261 e. The Kier molecular flexibility index (Phi) is 8.35. The van der Waals surface area contributed by atoms with Crippen molar-refractivity contribution >= 4 is 48.9 Å². The summed E-state index contributed by atoms with van der Waals surface area (Å²) < 4.78 is 34.3. The van der Waals surface area contributed by atoms with Crippen molar-refractivity contribution in [1.82, 2.24) is 0 Å². The molecule has 0 saturated heterocycles. The molecule has 0 spiro atoms. The number of aliphatic hydroxyl groups is 1. The van der Waals surface area contributed by atoms with Gasteiger partial charge in [0.25, 0.3) is 10.0 Å². The minimum Gasteiger partial charge on any atom is -0.505 e. The molecule has 38 heavy (non-hydrogen) atoms. The molecule has 0 radical (unpaired) electrons. The lowest BCUT2D eigenvalue weighted by atomic mass is 10.1. The predicted octanol–water partition coefficient (Wildman–Crippen LogP) is 7.15. The van der Waals surface area contributed by atoms with Crippen LogP contribution in [0.4, 0.5) is 11.4 Å². The van der Waals surface area contributed by atoms with E-state index in [0.29, 0.717) is 27.0 Å². The van der Waals surface area contributed by atoms with Gasteiger partial charge in [-0.3, -0.25) is 9.52 Å². The van der Waals surface area contributed by atoms with Gasteiger partial charge in [-0.05, 0) is 52.3 Å². The number of anilines is 1. The smallest absolute Gasteiger partial charge is 0.261 e. The number of hydrogen-bond acceptors (Lipinski definition) is 7. The number of Topliss-reactive ketones (excluding diaryl/α,β-unsaturated/α-hetero) is 1. The van der Waals surface area contributed by atoms with E-state index in [1.807, 2.05) is 0 Å². The average Bonchev–Trinajstić information content (AvgIpc) is 2.94. The van der Waals surface area contributed by atoms with E-state index >= 15 is 0 Å². The van der Waals surface area contributed by atoms with Crippen molar-refractivity contribution < 1.29 is 23.1 Å². The van der Waals surface area contributed by atoms with Gasteiger partial charge in [0.05, 0.1) is 27.9 Å². The Morgan fingerprint density at radius 2 is 1.53 bits per heavy atom. The second kappa shape index (κ2) is 11.8. The number of carbonyl (C=O) groups is 1. The van der Waals surface area contributed by atoms with Gasteiger partial charge in [-0.25, -0.2) is 8.42 Å².